The minimum absolute atomic E-state index is 0.00854. The summed E-state index contributed by atoms with van der Waals surface area (Å²) in [4.78, 5) is 25.1. The van der Waals surface area contributed by atoms with Crippen LogP contribution < -0.4 is 10.2 Å². The van der Waals surface area contributed by atoms with Crippen LogP contribution in [0.5, 0.6) is 0 Å². The minimum atomic E-state index is -4.55. The summed E-state index contributed by atoms with van der Waals surface area (Å²) >= 11 is 0. The van der Waals surface area contributed by atoms with Gasteiger partial charge >= 0.3 is 0 Å². The lowest BCUT2D eigenvalue weighted by Crippen LogP contribution is -2.46. The zero-order chi connectivity index (χ0) is 43.6. The number of likely N-dealkylation sites (N-methyl/N-ethyl adjacent to an activating group) is 1. The number of phosphoric acid groups is 1. The van der Waals surface area contributed by atoms with E-state index in [1.165, 1.54) is 77.0 Å². The Balaban J connectivity index is 3.85. The Morgan fingerprint density at radius 2 is 1.03 bits per heavy atom. The number of nitrogens with one attached hydrogen (secondary N) is 1. The average molecular weight is 847 g/mol. The number of unbranched alkanes of at least 4 members (excludes halogenated alkanes) is 17. The average Bonchev–Trinajstić information content (AvgIpc) is 3.19. The summed E-state index contributed by atoms with van der Waals surface area (Å²) < 4.78 is 23.0. The highest BCUT2D eigenvalue weighted by Gasteiger charge is 2.24. The molecule has 0 aliphatic rings. The van der Waals surface area contributed by atoms with Crippen molar-refractivity contribution >= 4 is 13.7 Å². The van der Waals surface area contributed by atoms with Crippen LogP contribution in [0.1, 0.15) is 187 Å². The van der Waals surface area contributed by atoms with E-state index in [4.69, 9.17) is 9.05 Å². The maximum atomic E-state index is 12.7. The van der Waals surface area contributed by atoms with Crippen LogP contribution in [0, 0.1) is 0 Å². The Bertz CT molecular complexity index is 1190. The molecule has 0 aliphatic heterocycles. The number of amides is 1. The van der Waals surface area contributed by atoms with Gasteiger partial charge in [-0.1, -0.05) is 189 Å². The van der Waals surface area contributed by atoms with Crippen molar-refractivity contribution in [3.63, 3.8) is 0 Å². The molecule has 0 aromatic heterocycles. The molecule has 3 atom stereocenters. The largest absolute Gasteiger partial charge is 0.756 e. The van der Waals surface area contributed by atoms with Crippen LogP contribution in [-0.4, -0.2) is 68.5 Å². The molecule has 9 heteroatoms. The molecule has 3 unspecified atom stereocenters. The number of aliphatic hydroxyl groups excluding tert-OH is 1. The van der Waals surface area contributed by atoms with Crippen molar-refractivity contribution in [2.45, 2.75) is 199 Å². The Labute approximate surface area is 364 Å². The van der Waals surface area contributed by atoms with Crippen LogP contribution in [0.4, 0.5) is 0 Å². The van der Waals surface area contributed by atoms with E-state index in [0.717, 1.165) is 83.5 Å². The first-order chi connectivity index (χ1) is 28.5. The minimum Gasteiger partial charge on any atom is -0.756 e. The lowest BCUT2D eigenvalue weighted by Gasteiger charge is -2.30. The lowest BCUT2D eigenvalue weighted by molar-refractivity contribution is -0.870. The van der Waals surface area contributed by atoms with Gasteiger partial charge in [0.05, 0.1) is 39.9 Å². The smallest absolute Gasteiger partial charge is 0.268 e. The highest BCUT2D eigenvalue weighted by Crippen LogP contribution is 2.38. The maximum absolute atomic E-state index is 12.7. The lowest BCUT2D eigenvalue weighted by atomic mass is 10.0. The van der Waals surface area contributed by atoms with Crippen molar-refractivity contribution in [2.24, 2.45) is 0 Å². The van der Waals surface area contributed by atoms with Gasteiger partial charge in [-0.05, 0) is 64.2 Å². The molecule has 59 heavy (non-hydrogen) atoms. The highest BCUT2D eigenvalue weighted by molar-refractivity contribution is 7.45. The predicted octanol–water partition coefficient (Wildman–Crippen LogP) is 12.9. The van der Waals surface area contributed by atoms with Gasteiger partial charge in [0.2, 0.25) is 5.91 Å². The zero-order valence-electron chi connectivity index (χ0n) is 38.7. The predicted molar refractivity (Wildman–Crippen MR) is 251 cm³/mol. The number of quaternary nitrogens is 1. The van der Waals surface area contributed by atoms with Gasteiger partial charge in [-0.15, -0.1) is 0 Å². The highest BCUT2D eigenvalue weighted by atomic mass is 31.2. The first-order valence-electron chi connectivity index (χ1n) is 23.8. The quantitative estimate of drug-likeness (QED) is 0.0274. The molecular formula is C50H91N2O6P. The van der Waals surface area contributed by atoms with Crippen LogP contribution in [0.2, 0.25) is 0 Å². The van der Waals surface area contributed by atoms with E-state index in [9.17, 15) is 19.4 Å². The van der Waals surface area contributed by atoms with Crippen LogP contribution >= 0.6 is 7.82 Å². The van der Waals surface area contributed by atoms with Crippen LogP contribution in [0.3, 0.4) is 0 Å². The normalized spacial score (nSPS) is 14.9. The summed E-state index contributed by atoms with van der Waals surface area (Å²) in [5.74, 6) is -0.178. The topological polar surface area (TPSA) is 108 Å². The summed E-state index contributed by atoms with van der Waals surface area (Å²) in [5, 5.41) is 13.6. The van der Waals surface area contributed by atoms with Gasteiger partial charge in [0, 0.05) is 6.42 Å². The number of hydrogen-bond donors (Lipinski definition) is 2. The molecular weight excluding hydrogens is 756 g/mol. The Hall–Kier alpha value is -2.06. The molecule has 8 nitrogen and oxygen atoms in total. The number of aliphatic hydroxyl groups is 1. The second-order valence-electron chi connectivity index (χ2n) is 17.1. The van der Waals surface area contributed by atoms with Crippen molar-refractivity contribution in [3.05, 3.63) is 72.9 Å². The van der Waals surface area contributed by atoms with Crippen molar-refractivity contribution in [2.75, 3.05) is 40.9 Å². The molecule has 0 saturated carbocycles. The SMILES string of the molecule is CC/C=C\C/C=C\C/C=C\C/C=C\C/C=C\C/C=C\CCCCCCCCCCCCCCCCC(=O)NC(COP(=O)([O-])OCC[N+](C)(C)C)C(O)CCCCCC. The third-order valence-corrected chi connectivity index (χ3v) is 11.2. The second-order valence-corrected chi connectivity index (χ2v) is 18.5. The summed E-state index contributed by atoms with van der Waals surface area (Å²) in [6.07, 6.45) is 55.6. The Morgan fingerprint density at radius 1 is 0.610 bits per heavy atom. The van der Waals surface area contributed by atoms with E-state index < -0.39 is 20.0 Å². The van der Waals surface area contributed by atoms with Gasteiger partial charge in [0.25, 0.3) is 7.82 Å². The third-order valence-electron chi connectivity index (χ3n) is 10.2. The van der Waals surface area contributed by atoms with E-state index in [1.54, 1.807) is 0 Å². The van der Waals surface area contributed by atoms with Gasteiger partial charge in [0.1, 0.15) is 13.2 Å². The molecule has 0 aliphatic carbocycles. The van der Waals surface area contributed by atoms with Crippen molar-refractivity contribution in [3.8, 4) is 0 Å². The maximum Gasteiger partial charge on any atom is 0.268 e. The zero-order valence-corrected chi connectivity index (χ0v) is 39.6. The molecule has 0 aromatic carbocycles. The first kappa shape index (κ1) is 56.9. The van der Waals surface area contributed by atoms with Crippen LogP contribution in [0.15, 0.2) is 72.9 Å². The van der Waals surface area contributed by atoms with Gasteiger partial charge in [-0.3, -0.25) is 9.36 Å². The van der Waals surface area contributed by atoms with Crippen LogP contribution in [0.25, 0.3) is 0 Å². The van der Waals surface area contributed by atoms with Gasteiger partial charge in [-0.25, -0.2) is 0 Å². The molecule has 0 aromatic rings. The van der Waals surface area contributed by atoms with E-state index in [2.05, 4.69) is 92.1 Å². The summed E-state index contributed by atoms with van der Waals surface area (Å²) in [5.41, 5.74) is 0. The molecule has 0 heterocycles. The first-order valence-corrected chi connectivity index (χ1v) is 25.2. The fourth-order valence-electron chi connectivity index (χ4n) is 6.45. The van der Waals surface area contributed by atoms with Crippen LogP contribution in [-0.2, 0) is 18.4 Å². The summed E-state index contributed by atoms with van der Waals surface area (Å²) in [7, 11) is 1.29. The van der Waals surface area contributed by atoms with E-state index in [0.29, 0.717) is 23.9 Å². The number of hydrogen-bond acceptors (Lipinski definition) is 6. The molecule has 0 fully saturated rings. The van der Waals surface area contributed by atoms with Gasteiger partial charge in [0.15, 0.2) is 0 Å². The molecule has 0 saturated heterocycles. The van der Waals surface area contributed by atoms with E-state index >= 15 is 0 Å². The second kappa shape index (κ2) is 41.3. The van der Waals surface area contributed by atoms with Gasteiger partial charge < -0.3 is 28.8 Å². The molecule has 0 spiro atoms. The fourth-order valence-corrected chi connectivity index (χ4v) is 7.18. The molecule has 0 bridgehead atoms. The van der Waals surface area contributed by atoms with Gasteiger partial charge in [-0.2, -0.15) is 0 Å². The number of nitrogens with zero attached hydrogens (tertiary/aromatic N) is 1. The third kappa shape index (κ3) is 43.8. The summed E-state index contributed by atoms with van der Waals surface area (Å²) in [6, 6.07) is -0.799. The van der Waals surface area contributed by atoms with E-state index in [-0.39, 0.29) is 19.1 Å². The standard InChI is InChI=1S/C50H91N2O6P/c1-6-8-10-12-13-14-15-16-17-18-19-20-21-22-23-24-25-26-27-28-29-30-31-32-33-34-35-36-37-38-39-40-42-44-50(54)51-48(49(53)43-41-11-9-7-2)47-58-59(55,56)57-46-45-52(3,4)5/h8,10,13-14,16-17,19-20,22-23,25-26,48-49,53H,6-7,9,11-12,15,18,21,24,27-47H2,1-5H3,(H-,51,54,55,56)/b10-8-,14-13-,17-16-,20-19-,23-22-,26-25-. The fraction of sp³-hybridized carbons (Fsp3) is 0.740. The monoisotopic (exact) mass is 847 g/mol. The molecule has 1 amide bonds. The van der Waals surface area contributed by atoms with Crippen molar-refractivity contribution < 1.29 is 32.9 Å². The molecule has 2 N–H and O–H groups in total. The number of phosphoric ester groups is 1. The number of carbonyl (C=O) groups is 1. The van der Waals surface area contributed by atoms with Crippen molar-refractivity contribution in [1.82, 2.24) is 5.32 Å². The number of carbonyl (C=O) groups excluding carboxylic acids is 1. The summed E-state index contributed by atoms with van der Waals surface area (Å²) in [6.45, 7) is 4.46. The van der Waals surface area contributed by atoms with Crippen molar-refractivity contribution in [1.29, 1.82) is 0 Å². The Morgan fingerprint density at radius 3 is 1.49 bits per heavy atom. The number of allylic oxidation sites excluding steroid dienone is 12. The number of rotatable bonds is 42. The molecule has 0 rings (SSSR count). The Kier molecular flexibility index (Phi) is 39.9. The van der Waals surface area contributed by atoms with E-state index in [1.807, 2.05) is 21.1 Å². The molecule has 342 valence electrons. The molecule has 0 radical (unpaired) electrons.